The van der Waals surface area contributed by atoms with Crippen LogP contribution in [0.15, 0.2) is 11.4 Å². The molecule has 1 aromatic heterocycles. The van der Waals surface area contributed by atoms with Gasteiger partial charge in [-0.1, -0.05) is 25.9 Å². The number of nitrogens with zero attached hydrogens (tertiary/aromatic N) is 2. The molecule has 4 nitrogen and oxygen atoms in total. The Morgan fingerprint density at radius 1 is 1.50 bits per heavy atom. The van der Waals surface area contributed by atoms with E-state index in [1.807, 2.05) is 17.8 Å². The summed E-state index contributed by atoms with van der Waals surface area (Å²) in [5, 5.41) is 11.5. The van der Waals surface area contributed by atoms with Crippen LogP contribution >= 0.6 is 0 Å². The molecule has 1 rings (SSSR count). The van der Waals surface area contributed by atoms with Gasteiger partial charge in [-0.3, -0.25) is 0 Å². The van der Waals surface area contributed by atoms with Gasteiger partial charge in [-0.25, -0.2) is 9.55 Å². The number of H-pyrrole nitrogens is 1. The van der Waals surface area contributed by atoms with Gasteiger partial charge in [0.1, 0.15) is 11.9 Å². The van der Waals surface area contributed by atoms with Crippen LogP contribution in [-0.2, 0) is 13.5 Å². The molecule has 0 atom stereocenters. The fourth-order valence-corrected chi connectivity index (χ4v) is 1.43. The lowest BCUT2D eigenvalue weighted by molar-refractivity contribution is -0.678. The van der Waals surface area contributed by atoms with Crippen LogP contribution in [0.5, 0.6) is 0 Å². The Kier molecular flexibility index (Phi) is 5.99. The van der Waals surface area contributed by atoms with Crippen LogP contribution in [0, 0.1) is 5.41 Å². The van der Waals surface area contributed by atoms with Crippen molar-refractivity contribution in [1.82, 2.24) is 4.98 Å². The molecule has 0 saturated heterocycles. The fourth-order valence-electron chi connectivity index (χ4n) is 1.43. The molecular weight excluding hydrogens is 317 g/mol. The smallest absolute Gasteiger partial charge is 0.301 e. The molecule has 0 aliphatic carbocycles. The van der Waals surface area contributed by atoms with Crippen molar-refractivity contribution in [3.8, 4) is 0 Å². The first-order chi connectivity index (χ1) is 6.94. The van der Waals surface area contributed by atoms with Gasteiger partial charge in [0.05, 0.1) is 7.05 Å². The summed E-state index contributed by atoms with van der Waals surface area (Å²) in [4.78, 5) is 3.06. The quantitative estimate of drug-likeness (QED) is 0.231. The van der Waals surface area contributed by atoms with E-state index in [1.165, 1.54) is 11.9 Å². The van der Waals surface area contributed by atoms with Gasteiger partial charge in [0.25, 0.3) is 0 Å². The summed E-state index contributed by atoms with van der Waals surface area (Å²) in [6, 6.07) is 0. The number of oxime groups is 1. The molecular formula is C11H20IN3O. The maximum Gasteiger partial charge on any atom is 0.301 e. The highest BCUT2D eigenvalue weighted by atomic mass is 127. The van der Waals surface area contributed by atoms with Crippen LogP contribution in [-0.4, -0.2) is 16.4 Å². The van der Waals surface area contributed by atoms with Gasteiger partial charge in [-0.2, -0.15) is 0 Å². The molecule has 0 radical (unpaired) electrons. The molecule has 1 aromatic rings. The van der Waals surface area contributed by atoms with E-state index in [0.717, 1.165) is 18.7 Å². The molecule has 5 heteroatoms. The van der Waals surface area contributed by atoms with Crippen LogP contribution in [0.1, 0.15) is 38.7 Å². The number of nitrogens with one attached hydrogen (secondary N) is 1. The first kappa shape index (κ1) is 15.4. The molecule has 0 fully saturated rings. The van der Waals surface area contributed by atoms with Crippen LogP contribution < -0.4 is 28.5 Å². The lowest BCUT2D eigenvalue weighted by atomic mass is 9.90. The van der Waals surface area contributed by atoms with Crippen LogP contribution in [0.3, 0.4) is 0 Å². The second-order valence-corrected chi connectivity index (χ2v) is 5.03. The average molecular weight is 337 g/mol. The van der Waals surface area contributed by atoms with Crippen LogP contribution in [0.25, 0.3) is 0 Å². The Balaban J connectivity index is 0.00000225. The van der Waals surface area contributed by atoms with Crippen LogP contribution in [0.2, 0.25) is 0 Å². The minimum atomic E-state index is 0. The summed E-state index contributed by atoms with van der Waals surface area (Å²) in [5.74, 6) is 0.807. The first-order valence-electron chi connectivity index (χ1n) is 5.18. The zero-order valence-electron chi connectivity index (χ0n) is 10.3. The Hall–Kier alpha value is -0.590. The summed E-state index contributed by atoms with van der Waals surface area (Å²) in [5.41, 5.74) is 1.56. The molecule has 0 aromatic carbocycles. The van der Waals surface area contributed by atoms with Crippen LogP contribution in [0.4, 0.5) is 0 Å². The van der Waals surface area contributed by atoms with Crippen molar-refractivity contribution in [1.29, 1.82) is 0 Å². The molecule has 92 valence electrons. The molecule has 0 bridgehead atoms. The summed E-state index contributed by atoms with van der Waals surface area (Å²) < 4.78 is 2.01. The highest BCUT2D eigenvalue weighted by Crippen LogP contribution is 2.20. The summed E-state index contributed by atoms with van der Waals surface area (Å²) in [6.45, 7) is 6.70. The lowest BCUT2D eigenvalue weighted by Crippen LogP contribution is -3.00. The van der Waals surface area contributed by atoms with Gasteiger partial charge in [0.15, 0.2) is 6.21 Å². The third-order valence-corrected chi connectivity index (χ3v) is 2.49. The Labute approximate surface area is 114 Å². The number of imidazole rings is 1. The zero-order valence-corrected chi connectivity index (χ0v) is 12.4. The average Bonchev–Trinajstić information content (AvgIpc) is 2.45. The highest BCUT2D eigenvalue weighted by Gasteiger charge is 2.16. The largest absolute Gasteiger partial charge is 1.00 e. The van der Waals surface area contributed by atoms with E-state index in [2.05, 4.69) is 30.9 Å². The predicted molar refractivity (Wildman–Crippen MR) is 59.1 cm³/mol. The monoisotopic (exact) mass is 337 g/mol. The van der Waals surface area contributed by atoms with Crippen molar-refractivity contribution in [3.05, 3.63) is 17.7 Å². The maximum atomic E-state index is 8.45. The molecule has 2 N–H and O–H groups in total. The molecule has 0 spiro atoms. The molecule has 0 saturated carbocycles. The van der Waals surface area contributed by atoms with E-state index in [4.69, 9.17) is 5.21 Å². The summed E-state index contributed by atoms with van der Waals surface area (Å²) in [6.07, 6.45) is 5.52. The Bertz CT molecular complexity index is 353. The minimum Gasteiger partial charge on any atom is -1.00 e. The van der Waals surface area contributed by atoms with Crippen molar-refractivity contribution in [2.24, 2.45) is 17.6 Å². The number of hydrogen-bond donors (Lipinski definition) is 2. The Morgan fingerprint density at radius 2 is 2.12 bits per heavy atom. The number of halogens is 1. The van der Waals surface area contributed by atoms with Crippen molar-refractivity contribution in [2.75, 3.05) is 0 Å². The number of aryl methyl sites for hydroxylation is 1. The van der Waals surface area contributed by atoms with Gasteiger partial charge in [-0.15, -0.1) is 0 Å². The molecule has 0 unspecified atom stereocenters. The van der Waals surface area contributed by atoms with Gasteiger partial charge < -0.3 is 29.2 Å². The number of aromatic nitrogens is 2. The lowest BCUT2D eigenvalue weighted by Gasteiger charge is -2.16. The van der Waals surface area contributed by atoms with E-state index in [0.29, 0.717) is 5.41 Å². The Morgan fingerprint density at radius 3 is 2.62 bits per heavy atom. The fraction of sp³-hybridized carbons (Fsp3) is 0.636. The summed E-state index contributed by atoms with van der Waals surface area (Å²) in [7, 11) is 1.96. The first-order valence-corrected chi connectivity index (χ1v) is 5.18. The summed E-state index contributed by atoms with van der Waals surface area (Å²) >= 11 is 0. The van der Waals surface area contributed by atoms with Crippen molar-refractivity contribution < 1.29 is 33.8 Å². The SMILES string of the molecule is C[n+]1c(CCC(C)(C)C)c[nH]c1C=NO.[I-]. The standard InChI is InChI=1S/C11H19N3O.HI/c1-11(2,3)6-5-9-7-12-10(8-13-15)14(9)4;/h7-8H,5-6H2,1-4H3,(H,12,15);1H. The van der Waals surface area contributed by atoms with E-state index in [9.17, 15) is 0 Å². The van der Waals surface area contributed by atoms with E-state index < -0.39 is 0 Å². The zero-order chi connectivity index (χ0) is 11.5. The second-order valence-electron chi connectivity index (χ2n) is 5.03. The van der Waals surface area contributed by atoms with Crippen molar-refractivity contribution in [2.45, 2.75) is 33.6 Å². The van der Waals surface area contributed by atoms with Crippen molar-refractivity contribution in [3.63, 3.8) is 0 Å². The van der Waals surface area contributed by atoms with Gasteiger partial charge in [0.2, 0.25) is 0 Å². The molecule has 1 heterocycles. The third kappa shape index (κ3) is 4.51. The minimum absolute atomic E-state index is 0. The number of aromatic amines is 1. The second kappa shape index (κ2) is 6.22. The molecule has 0 amide bonds. The molecule has 0 aliphatic rings. The van der Waals surface area contributed by atoms with E-state index in [1.54, 1.807) is 0 Å². The maximum absolute atomic E-state index is 8.45. The predicted octanol–water partition coefficient (Wildman–Crippen LogP) is -1.37. The third-order valence-electron chi connectivity index (χ3n) is 2.49. The van der Waals surface area contributed by atoms with E-state index >= 15 is 0 Å². The van der Waals surface area contributed by atoms with Gasteiger partial charge in [0, 0.05) is 6.42 Å². The normalized spacial score (nSPS) is 11.8. The molecule has 16 heavy (non-hydrogen) atoms. The topological polar surface area (TPSA) is 52.3 Å². The van der Waals surface area contributed by atoms with E-state index in [-0.39, 0.29) is 24.0 Å². The van der Waals surface area contributed by atoms with Gasteiger partial charge >= 0.3 is 5.82 Å². The van der Waals surface area contributed by atoms with Gasteiger partial charge in [-0.05, 0) is 11.8 Å². The highest BCUT2D eigenvalue weighted by molar-refractivity contribution is 5.71. The molecule has 0 aliphatic heterocycles. The van der Waals surface area contributed by atoms with Crippen molar-refractivity contribution >= 4 is 6.21 Å². The number of hydrogen-bond acceptors (Lipinski definition) is 2. The number of rotatable bonds is 3.